The van der Waals surface area contributed by atoms with Crippen LogP contribution in [0.5, 0.6) is 0 Å². The molecule has 6 rings (SSSR count). The van der Waals surface area contributed by atoms with E-state index in [-0.39, 0.29) is 11.5 Å². The van der Waals surface area contributed by atoms with Gasteiger partial charge in [0.25, 0.3) is 0 Å². The third-order valence-electron chi connectivity index (χ3n) is 7.57. The van der Waals surface area contributed by atoms with Gasteiger partial charge >= 0.3 is 0 Å². The summed E-state index contributed by atoms with van der Waals surface area (Å²) in [7, 11) is 2.21. The van der Waals surface area contributed by atoms with Crippen molar-refractivity contribution in [1.82, 2.24) is 9.80 Å². The lowest BCUT2D eigenvalue weighted by Crippen LogP contribution is -2.64. The van der Waals surface area contributed by atoms with Crippen LogP contribution >= 0.6 is 0 Å². The van der Waals surface area contributed by atoms with Crippen LogP contribution in [0.4, 0.5) is 0 Å². The van der Waals surface area contributed by atoms with Crippen molar-refractivity contribution in [3.8, 4) is 0 Å². The maximum Gasteiger partial charge on any atom is 0.139 e. The number of ketones is 1. The molecule has 4 aliphatic rings. The summed E-state index contributed by atoms with van der Waals surface area (Å²) >= 11 is 0. The summed E-state index contributed by atoms with van der Waals surface area (Å²) in [5, 5.41) is 0. The van der Waals surface area contributed by atoms with E-state index in [1.54, 1.807) is 0 Å². The normalized spacial score (nSPS) is 33.9. The number of likely N-dealkylation sites (N-methyl/N-ethyl adjacent to an activating group) is 1. The molecule has 28 heavy (non-hydrogen) atoms. The molecule has 0 aromatic heterocycles. The van der Waals surface area contributed by atoms with Crippen molar-refractivity contribution in [2.24, 2.45) is 5.92 Å². The Morgan fingerprint density at radius 2 is 1.29 bits per heavy atom. The number of hydrogen-bond acceptors (Lipinski definition) is 3. The Bertz CT molecular complexity index is 777. The lowest BCUT2D eigenvalue weighted by Gasteiger charge is -2.59. The Balaban J connectivity index is 1.57. The summed E-state index contributed by atoms with van der Waals surface area (Å²) in [6, 6.07) is 21.6. The van der Waals surface area contributed by atoms with Gasteiger partial charge in [0.15, 0.2) is 0 Å². The Morgan fingerprint density at radius 3 is 1.79 bits per heavy atom. The van der Waals surface area contributed by atoms with E-state index >= 15 is 0 Å². The van der Waals surface area contributed by atoms with Gasteiger partial charge in [-0.1, -0.05) is 60.7 Å². The molecule has 1 aliphatic heterocycles. The van der Waals surface area contributed by atoms with Crippen LogP contribution in [0.2, 0.25) is 0 Å². The van der Waals surface area contributed by atoms with E-state index in [0.717, 1.165) is 45.4 Å². The van der Waals surface area contributed by atoms with Gasteiger partial charge in [-0.15, -0.1) is 0 Å². The quantitative estimate of drug-likeness (QED) is 0.813. The molecule has 146 valence electrons. The van der Waals surface area contributed by atoms with E-state index in [1.807, 2.05) is 0 Å². The van der Waals surface area contributed by atoms with E-state index in [0.29, 0.717) is 17.6 Å². The first-order valence-corrected chi connectivity index (χ1v) is 10.7. The number of nitrogens with zero attached hydrogens (tertiary/aromatic N) is 2. The van der Waals surface area contributed by atoms with Gasteiger partial charge in [0.05, 0.1) is 0 Å². The molecular formula is C25H30N2O. The molecule has 1 saturated heterocycles. The molecule has 3 aliphatic carbocycles. The molecule has 0 spiro atoms. The molecule has 2 atom stereocenters. The minimum atomic E-state index is 0.0219. The molecule has 1 heterocycles. The Labute approximate surface area is 168 Å². The highest BCUT2D eigenvalue weighted by Gasteiger charge is 2.57. The van der Waals surface area contributed by atoms with Crippen LogP contribution in [-0.2, 0) is 4.79 Å². The molecule has 0 unspecified atom stereocenters. The lowest BCUT2D eigenvalue weighted by atomic mass is 9.52. The first-order valence-electron chi connectivity index (χ1n) is 10.7. The zero-order valence-corrected chi connectivity index (χ0v) is 16.8. The molecule has 2 aromatic carbocycles. The van der Waals surface area contributed by atoms with Gasteiger partial charge in [-0.3, -0.25) is 9.69 Å². The SMILES string of the molecule is CN1CCN(C23CC(=O)C([C@H](c4ccccc4)C2)[C@H](c2ccccc2)C3)CC1. The van der Waals surface area contributed by atoms with E-state index < -0.39 is 0 Å². The molecule has 0 N–H and O–H groups in total. The maximum atomic E-state index is 13.5. The number of carbonyl (C=O) groups is 1. The van der Waals surface area contributed by atoms with Crippen molar-refractivity contribution in [2.75, 3.05) is 33.2 Å². The maximum absolute atomic E-state index is 13.5. The molecule has 0 radical (unpaired) electrons. The van der Waals surface area contributed by atoms with Crippen LogP contribution in [0, 0.1) is 5.92 Å². The minimum Gasteiger partial charge on any atom is -0.304 e. The molecule has 3 saturated carbocycles. The fourth-order valence-electron chi connectivity index (χ4n) is 6.17. The molecule has 2 aromatic rings. The van der Waals surface area contributed by atoms with Crippen LogP contribution in [-0.4, -0.2) is 54.3 Å². The Kier molecular flexibility index (Phi) is 4.60. The van der Waals surface area contributed by atoms with E-state index in [2.05, 4.69) is 77.5 Å². The number of carbonyl (C=O) groups excluding carboxylic acids is 1. The monoisotopic (exact) mass is 374 g/mol. The van der Waals surface area contributed by atoms with Gasteiger partial charge in [-0.25, -0.2) is 0 Å². The topological polar surface area (TPSA) is 23.6 Å². The van der Waals surface area contributed by atoms with Gasteiger partial charge in [-0.2, -0.15) is 0 Å². The van der Waals surface area contributed by atoms with Crippen molar-refractivity contribution < 1.29 is 4.79 Å². The van der Waals surface area contributed by atoms with Crippen molar-refractivity contribution in [3.05, 3.63) is 71.8 Å². The van der Waals surface area contributed by atoms with Crippen LogP contribution < -0.4 is 0 Å². The Morgan fingerprint density at radius 1 is 0.786 bits per heavy atom. The summed E-state index contributed by atoms with van der Waals surface area (Å²) < 4.78 is 0. The van der Waals surface area contributed by atoms with Gasteiger partial charge in [0.2, 0.25) is 0 Å². The summed E-state index contributed by atoms with van der Waals surface area (Å²) in [5.74, 6) is 1.28. The van der Waals surface area contributed by atoms with Crippen LogP contribution in [0.25, 0.3) is 0 Å². The molecule has 3 nitrogen and oxygen atoms in total. The third-order valence-corrected chi connectivity index (χ3v) is 7.57. The molecule has 4 fully saturated rings. The second-order valence-electron chi connectivity index (χ2n) is 9.13. The standard InChI is InChI=1S/C25H30N2O/c1-26-12-14-27(15-13-26)25-16-21(19-8-4-2-5-9-19)24(23(28)18-25)22(17-25)20-10-6-3-7-11-20/h2-11,21-22,24H,12-18H2,1H3/t21-,22-,24?,25?/m0/s1. The van der Waals surface area contributed by atoms with E-state index in [1.165, 1.54) is 11.1 Å². The van der Waals surface area contributed by atoms with Crippen molar-refractivity contribution in [2.45, 2.75) is 36.6 Å². The lowest BCUT2D eigenvalue weighted by molar-refractivity contribution is -0.141. The summed E-state index contributed by atoms with van der Waals surface area (Å²) in [6.07, 6.45) is 3.00. The highest BCUT2D eigenvalue weighted by Crippen LogP contribution is 2.58. The van der Waals surface area contributed by atoms with E-state index in [4.69, 9.17) is 0 Å². The number of piperazine rings is 1. The summed E-state index contributed by atoms with van der Waals surface area (Å²) in [5.41, 5.74) is 2.72. The van der Waals surface area contributed by atoms with E-state index in [9.17, 15) is 4.79 Å². The second kappa shape index (κ2) is 7.13. The van der Waals surface area contributed by atoms with Crippen molar-refractivity contribution in [3.63, 3.8) is 0 Å². The zero-order valence-electron chi connectivity index (χ0n) is 16.8. The number of benzene rings is 2. The van der Waals surface area contributed by atoms with Crippen molar-refractivity contribution in [1.29, 1.82) is 0 Å². The number of rotatable bonds is 3. The van der Waals surface area contributed by atoms with Crippen molar-refractivity contribution >= 4 is 5.78 Å². The fourth-order valence-corrected chi connectivity index (χ4v) is 6.17. The third kappa shape index (κ3) is 3.01. The highest BCUT2D eigenvalue weighted by molar-refractivity contribution is 5.86. The van der Waals surface area contributed by atoms with Crippen LogP contribution in [0.1, 0.15) is 42.2 Å². The van der Waals surface area contributed by atoms with Gasteiger partial charge in [0.1, 0.15) is 5.78 Å². The average molecular weight is 375 g/mol. The second-order valence-corrected chi connectivity index (χ2v) is 9.13. The largest absolute Gasteiger partial charge is 0.304 e. The predicted octanol–water partition coefficient (Wildman–Crippen LogP) is 3.92. The fraction of sp³-hybridized carbons (Fsp3) is 0.480. The zero-order chi connectivity index (χ0) is 19.1. The molecular weight excluding hydrogens is 344 g/mol. The molecule has 3 heteroatoms. The predicted molar refractivity (Wildman–Crippen MR) is 113 cm³/mol. The number of hydrogen-bond donors (Lipinski definition) is 0. The van der Waals surface area contributed by atoms with Gasteiger partial charge < -0.3 is 4.90 Å². The first-order chi connectivity index (χ1) is 13.7. The van der Waals surface area contributed by atoms with Gasteiger partial charge in [0, 0.05) is 44.1 Å². The smallest absolute Gasteiger partial charge is 0.139 e. The number of Topliss-reactive ketones (excluding diaryl/α,β-unsaturated/α-hetero) is 1. The van der Waals surface area contributed by atoms with Gasteiger partial charge in [-0.05, 0) is 42.9 Å². The van der Waals surface area contributed by atoms with Crippen LogP contribution in [0.15, 0.2) is 60.7 Å². The minimum absolute atomic E-state index is 0.0219. The summed E-state index contributed by atoms with van der Waals surface area (Å²) in [6.45, 7) is 4.37. The average Bonchev–Trinajstić information content (AvgIpc) is 2.75. The Hall–Kier alpha value is -1.97. The highest BCUT2D eigenvalue weighted by atomic mass is 16.1. The number of fused-ring (bicyclic) bond motifs is 3. The molecule has 2 bridgehead atoms. The molecule has 0 amide bonds. The summed E-state index contributed by atoms with van der Waals surface area (Å²) in [4.78, 5) is 18.6. The first kappa shape index (κ1) is 18.1. The van der Waals surface area contributed by atoms with Crippen LogP contribution in [0.3, 0.4) is 0 Å².